The van der Waals surface area contributed by atoms with Gasteiger partial charge in [-0.05, 0) is 67.4 Å². The Morgan fingerprint density at radius 1 is 1.14 bits per heavy atom. The minimum absolute atomic E-state index is 0.0919. The second-order valence-electron chi connectivity index (χ2n) is 6.07. The van der Waals surface area contributed by atoms with E-state index < -0.39 is 0 Å². The summed E-state index contributed by atoms with van der Waals surface area (Å²) in [5.41, 5.74) is 6.33. The highest BCUT2D eigenvalue weighted by molar-refractivity contribution is 5.50. The van der Waals surface area contributed by atoms with Crippen LogP contribution in [0.25, 0.3) is 0 Å². The zero-order valence-corrected chi connectivity index (χ0v) is 13.7. The molecule has 0 unspecified atom stereocenters. The van der Waals surface area contributed by atoms with E-state index in [4.69, 9.17) is 0 Å². The second-order valence-corrected chi connectivity index (χ2v) is 6.07. The van der Waals surface area contributed by atoms with Crippen molar-refractivity contribution in [1.82, 2.24) is 0 Å². The van der Waals surface area contributed by atoms with E-state index in [1.54, 1.807) is 6.08 Å². The molecular weight excluding hydrogens is 271 g/mol. The van der Waals surface area contributed by atoms with Crippen LogP contribution >= 0.6 is 0 Å². The number of halogens is 1. The lowest BCUT2D eigenvalue weighted by atomic mass is 9.85. The summed E-state index contributed by atoms with van der Waals surface area (Å²) < 4.78 is 14.5. The molecule has 0 aromatic rings. The Bertz CT molecular complexity index is 633. The molecule has 0 aromatic heterocycles. The molecule has 2 aliphatic rings. The molecule has 0 bridgehead atoms. The fourth-order valence-corrected chi connectivity index (χ4v) is 2.83. The monoisotopic (exact) mass is 296 g/mol. The van der Waals surface area contributed by atoms with Gasteiger partial charge in [-0.25, -0.2) is 4.39 Å². The van der Waals surface area contributed by atoms with Crippen LogP contribution in [0.1, 0.15) is 46.0 Å². The van der Waals surface area contributed by atoms with Crippen LogP contribution in [0.4, 0.5) is 4.39 Å². The van der Waals surface area contributed by atoms with Crippen molar-refractivity contribution in [2.75, 3.05) is 0 Å². The summed E-state index contributed by atoms with van der Waals surface area (Å²) in [6, 6.07) is 0. The summed E-state index contributed by atoms with van der Waals surface area (Å²) in [5.74, 6) is -0.0919. The highest BCUT2D eigenvalue weighted by Crippen LogP contribution is 2.36. The van der Waals surface area contributed by atoms with Crippen LogP contribution in [0.3, 0.4) is 0 Å². The molecule has 2 rings (SSSR count). The van der Waals surface area contributed by atoms with E-state index >= 15 is 0 Å². The Balaban J connectivity index is 2.18. The van der Waals surface area contributed by atoms with Crippen molar-refractivity contribution in [1.29, 1.82) is 0 Å². The number of hydrogen-bond donors (Lipinski definition) is 0. The van der Waals surface area contributed by atoms with Gasteiger partial charge in [0.25, 0.3) is 0 Å². The van der Waals surface area contributed by atoms with E-state index in [-0.39, 0.29) is 5.83 Å². The first-order chi connectivity index (χ1) is 10.5. The fraction of sp³-hybridized carbons (Fsp3) is 0.333. The molecule has 0 spiro atoms. The van der Waals surface area contributed by atoms with Gasteiger partial charge in [-0.3, -0.25) is 0 Å². The van der Waals surface area contributed by atoms with E-state index in [0.29, 0.717) is 0 Å². The second kappa shape index (κ2) is 7.40. The average molecular weight is 296 g/mol. The van der Waals surface area contributed by atoms with Crippen molar-refractivity contribution >= 4 is 0 Å². The molecule has 0 aromatic carbocycles. The van der Waals surface area contributed by atoms with Crippen LogP contribution in [0.2, 0.25) is 0 Å². The van der Waals surface area contributed by atoms with E-state index in [1.807, 2.05) is 19.1 Å². The Morgan fingerprint density at radius 2 is 1.91 bits per heavy atom. The minimum Gasteiger partial charge on any atom is -0.207 e. The highest BCUT2D eigenvalue weighted by atomic mass is 19.1. The third kappa shape index (κ3) is 4.07. The van der Waals surface area contributed by atoms with Gasteiger partial charge in [0.05, 0.1) is 0 Å². The van der Waals surface area contributed by atoms with Gasteiger partial charge in [-0.15, -0.1) is 0 Å². The Labute approximate surface area is 133 Å². The van der Waals surface area contributed by atoms with Crippen molar-refractivity contribution in [3.8, 4) is 0 Å². The third-order valence-corrected chi connectivity index (χ3v) is 4.29. The molecule has 0 saturated carbocycles. The molecule has 2 aliphatic carbocycles. The number of allylic oxidation sites excluding steroid dienone is 12. The molecule has 0 nitrogen and oxygen atoms in total. The van der Waals surface area contributed by atoms with Gasteiger partial charge < -0.3 is 0 Å². The van der Waals surface area contributed by atoms with Crippen LogP contribution in [0.15, 0.2) is 82.8 Å². The number of rotatable bonds is 5. The standard InChI is InChI=1S/C21H25F/c1-5-17-8-10-18(11-9-17)20-13-12-19(14-21(20)22)16(4)7-6-15(2)3/h6-8,10,14H,2,4-5,9,11-13H2,1,3H3/b7-6-. The van der Waals surface area contributed by atoms with Crippen LogP contribution in [-0.4, -0.2) is 0 Å². The molecule has 0 N–H and O–H groups in total. The van der Waals surface area contributed by atoms with Gasteiger partial charge in [0.1, 0.15) is 5.83 Å². The zero-order chi connectivity index (χ0) is 16.1. The first-order valence-corrected chi connectivity index (χ1v) is 8.02. The minimum atomic E-state index is -0.0919. The van der Waals surface area contributed by atoms with E-state index in [2.05, 4.69) is 32.2 Å². The normalized spacial score (nSPS) is 19.0. The predicted octanol–water partition coefficient (Wildman–Crippen LogP) is 6.68. The Hall–Kier alpha value is -1.89. The van der Waals surface area contributed by atoms with Crippen molar-refractivity contribution in [2.24, 2.45) is 0 Å². The van der Waals surface area contributed by atoms with Gasteiger partial charge in [-0.2, -0.15) is 0 Å². The molecule has 1 heteroatoms. The van der Waals surface area contributed by atoms with Crippen LogP contribution in [0, 0.1) is 0 Å². The third-order valence-electron chi connectivity index (χ3n) is 4.29. The molecule has 0 aliphatic heterocycles. The largest absolute Gasteiger partial charge is 0.207 e. The Kier molecular flexibility index (Phi) is 5.54. The maximum absolute atomic E-state index is 14.5. The summed E-state index contributed by atoms with van der Waals surface area (Å²) in [5, 5.41) is 0. The first kappa shape index (κ1) is 16.5. The van der Waals surface area contributed by atoms with Gasteiger partial charge in [-0.1, -0.05) is 55.5 Å². The molecule has 0 fully saturated rings. The van der Waals surface area contributed by atoms with Crippen molar-refractivity contribution in [3.05, 3.63) is 82.8 Å². The highest BCUT2D eigenvalue weighted by Gasteiger charge is 2.18. The van der Waals surface area contributed by atoms with Gasteiger partial charge in [0.15, 0.2) is 0 Å². The van der Waals surface area contributed by atoms with E-state index in [9.17, 15) is 4.39 Å². The van der Waals surface area contributed by atoms with Gasteiger partial charge in [0, 0.05) is 0 Å². The number of hydrogen-bond acceptors (Lipinski definition) is 0. The molecule has 0 radical (unpaired) electrons. The molecule has 0 amide bonds. The molecule has 0 atom stereocenters. The quantitative estimate of drug-likeness (QED) is 0.497. The lowest BCUT2D eigenvalue weighted by molar-refractivity contribution is 0.630. The van der Waals surface area contributed by atoms with Crippen molar-refractivity contribution in [3.63, 3.8) is 0 Å². The summed E-state index contributed by atoms with van der Waals surface area (Å²) in [6.45, 7) is 12.0. The smallest absolute Gasteiger partial charge is 0.126 e. The first-order valence-electron chi connectivity index (χ1n) is 8.02. The maximum atomic E-state index is 14.5. The summed E-state index contributed by atoms with van der Waals surface area (Å²) in [4.78, 5) is 0. The molecule has 0 heterocycles. The molecule has 116 valence electrons. The lowest BCUT2D eigenvalue weighted by Crippen LogP contribution is -2.03. The summed E-state index contributed by atoms with van der Waals surface area (Å²) in [7, 11) is 0. The van der Waals surface area contributed by atoms with Crippen LogP contribution in [-0.2, 0) is 0 Å². The van der Waals surface area contributed by atoms with E-state index in [1.165, 1.54) is 5.57 Å². The zero-order valence-electron chi connectivity index (χ0n) is 13.7. The maximum Gasteiger partial charge on any atom is 0.126 e. The van der Waals surface area contributed by atoms with Gasteiger partial charge in [0.2, 0.25) is 0 Å². The SMILES string of the molecule is C=C(C)/C=C\C(=C)C1=CC(F)=C(C2=CC=C(CC)CC2)CC1. The van der Waals surface area contributed by atoms with Gasteiger partial charge >= 0.3 is 0 Å². The Morgan fingerprint density at radius 3 is 2.45 bits per heavy atom. The van der Waals surface area contributed by atoms with Crippen LogP contribution < -0.4 is 0 Å². The predicted molar refractivity (Wildman–Crippen MR) is 94.2 cm³/mol. The average Bonchev–Trinajstić information content (AvgIpc) is 2.52. The molecule has 0 saturated heterocycles. The lowest BCUT2D eigenvalue weighted by Gasteiger charge is -2.21. The fourth-order valence-electron chi connectivity index (χ4n) is 2.83. The summed E-state index contributed by atoms with van der Waals surface area (Å²) >= 11 is 0. The van der Waals surface area contributed by atoms with Crippen LogP contribution in [0.5, 0.6) is 0 Å². The topological polar surface area (TPSA) is 0 Å². The van der Waals surface area contributed by atoms with E-state index in [0.717, 1.165) is 60.0 Å². The van der Waals surface area contributed by atoms with Crippen molar-refractivity contribution < 1.29 is 4.39 Å². The van der Waals surface area contributed by atoms with Crippen molar-refractivity contribution in [2.45, 2.75) is 46.0 Å². The summed E-state index contributed by atoms with van der Waals surface area (Å²) in [6.07, 6.45) is 14.5. The molecular formula is C21H25F. The molecule has 22 heavy (non-hydrogen) atoms.